The van der Waals surface area contributed by atoms with Crippen molar-refractivity contribution in [2.45, 2.75) is 25.3 Å². The van der Waals surface area contributed by atoms with E-state index in [0.29, 0.717) is 0 Å². The summed E-state index contributed by atoms with van der Waals surface area (Å²) in [5.74, 6) is 0. The molecular formula is C15H18N2O. The topological polar surface area (TPSA) is 48.0 Å². The van der Waals surface area contributed by atoms with Gasteiger partial charge in [0.05, 0.1) is 5.54 Å². The van der Waals surface area contributed by atoms with Crippen LogP contribution in [0.2, 0.25) is 0 Å². The molecule has 0 saturated carbocycles. The molecule has 1 aromatic heterocycles. The number of aliphatic hydroxyl groups is 1. The third-order valence-electron chi connectivity index (χ3n) is 3.76. The summed E-state index contributed by atoms with van der Waals surface area (Å²) >= 11 is 0. The van der Waals surface area contributed by atoms with Crippen LogP contribution in [0.25, 0.3) is 11.1 Å². The van der Waals surface area contributed by atoms with Crippen LogP contribution in [-0.4, -0.2) is 16.7 Å². The van der Waals surface area contributed by atoms with Crippen molar-refractivity contribution in [3.8, 4) is 11.1 Å². The zero-order valence-corrected chi connectivity index (χ0v) is 10.5. The number of rotatable bonds is 3. The molecule has 2 heterocycles. The lowest BCUT2D eigenvalue weighted by atomic mass is 9.83. The van der Waals surface area contributed by atoms with Gasteiger partial charge in [-0.05, 0) is 31.9 Å². The van der Waals surface area contributed by atoms with E-state index in [1.807, 2.05) is 6.20 Å². The predicted octanol–water partition coefficient (Wildman–Crippen LogP) is 3.09. The number of anilines is 1. The molecule has 1 unspecified atom stereocenters. The summed E-state index contributed by atoms with van der Waals surface area (Å²) in [7, 11) is 0. The van der Waals surface area contributed by atoms with Gasteiger partial charge in [0.15, 0.2) is 0 Å². The van der Waals surface area contributed by atoms with Crippen LogP contribution in [0.5, 0.6) is 0 Å². The van der Waals surface area contributed by atoms with Gasteiger partial charge in [0, 0.05) is 35.3 Å². The number of fused-ring (bicyclic) bond motifs is 3. The van der Waals surface area contributed by atoms with Crippen molar-refractivity contribution in [2.75, 3.05) is 11.9 Å². The van der Waals surface area contributed by atoms with Crippen LogP contribution in [-0.2, 0) is 5.54 Å². The maximum atomic E-state index is 9.07. The molecule has 18 heavy (non-hydrogen) atoms. The van der Waals surface area contributed by atoms with Crippen LogP contribution >= 0.6 is 0 Å². The number of nitrogens with one attached hydrogen (secondary N) is 2. The number of benzene rings is 1. The van der Waals surface area contributed by atoms with Crippen molar-refractivity contribution in [3.05, 3.63) is 42.2 Å². The molecule has 1 aliphatic heterocycles. The van der Waals surface area contributed by atoms with Gasteiger partial charge >= 0.3 is 0 Å². The van der Waals surface area contributed by atoms with Gasteiger partial charge in [-0.2, -0.15) is 0 Å². The van der Waals surface area contributed by atoms with E-state index in [1.165, 1.54) is 22.5 Å². The van der Waals surface area contributed by atoms with Gasteiger partial charge < -0.3 is 15.4 Å². The Balaban J connectivity index is 2.09. The lowest BCUT2D eigenvalue weighted by Gasteiger charge is -2.37. The zero-order chi connectivity index (χ0) is 12.6. The Morgan fingerprint density at radius 2 is 2.00 bits per heavy atom. The van der Waals surface area contributed by atoms with Crippen LogP contribution in [0.4, 0.5) is 5.69 Å². The molecule has 2 aromatic rings. The molecule has 0 bridgehead atoms. The van der Waals surface area contributed by atoms with Crippen molar-refractivity contribution in [1.82, 2.24) is 4.98 Å². The fourth-order valence-electron chi connectivity index (χ4n) is 2.86. The Labute approximate surface area is 107 Å². The number of aromatic nitrogens is 1. The third kappa shape index (κ3) is 1.63. The standard InChI is InChI=1S/C15H18N2O/c1-15(8-4-10-18)14-12(7-9-16-14)11-5-2-3-6-13(11)17-15/h2-3,5-7,9,16-18H,4,8,10H2,1H3. The first-order valence-electron chi connectivity index (χ1n) is 6.41. The van der Waals surface area contributed by atoms with Gasteiger partial charge in [-0.25, -0.2) is 0 Å². The normalized spacial score (nSPS) is 21.0. The number of hydrogen-bond acceptors (Lipinski definition) is 2. The van der Waals surface area contributed by atoms with Gasteiger partial charge in [-0.15, -0.1) is 0 Å². The molecule has 1 aliphatic rings. The van der Waals surface area contributed by atoms with Gasteiger partial charge in [-0.1, -0.05) is 18.2 Å². The quantitative estimate of drug-likeness (QED) is 0.774. The highest BCUT2D eigenvalue weighted by molar-refractivity contribution is 5.84. The average molecular weight is 242 g/mol. The van der Waals surface area contributed by atoms with E-state index in [-0.39, 0.29) is 12.1 Å². The lowest BCUT2D eigenvalue weighted by Crippen LogP contribution is -2.35. The molecule has 1 aromatic carbocycles. The summed E-state index contributed by atoms with van der Waals surface area (Å²) in [6.45, 7) is 2.42. The van der Waals surface area contributed by atoms with E-state index in [4.69, 9.17) is 5.11 Å². The molecule has 0 aliphatic carbocycles. The molecule has 3 N–H and O–H groups in total. The Kier molecular flexibility index (Phi) is 2.63. The monoisotopic (exact) mass is 242 g/mol. The minimum absolute atomic E-state index is 0.129. The van der Waals surface area contributed by atoms with Crippen molar-refractivity contribution in [1.29, 1.82) is 0 Å². The second kappa shape index (κ2) is 4.18. The molecule has 0 radical (unpaired) electrons. The smallest absolute Gasteiger partial charge is 0.0752 e. The first kappa shape index (κ1) is 11.4. The van der Waals surface area contributed by atoms with Crippen molar-refractivity contribution in [3.63, 3.8) is 0 Å². The Hall–Kier alpha value is -1.74. The van der Waals surface area contributed by atoms with Crippen molar-refractivity contribution < 1.29 is 5.11 Å². The summed E-state index contributed by atoms with van der Waals surface area (Å²) in [6.07, 6.45) is 3.70. The fourth-order valence-corrected chi connectivity index (χ4v) is 2.86. The molecule has 0 spiro atoms. The summed E-state index contributed by atoms with van der Waals surface area (Å²) in [5.41, 5.74) is 4.77. The summed E-state index contributed by atoms with van der Waals surface area (Å²) in [4.78, 5) is 3.35. The summed E-state index contributed by atoms with van der Waals surface area (Å²) in [6, 6.07) is 10.5. The zero-order valence-electron chi connectivity index (χ0n) is 10.5. The molecule has 3 rings (SSSR count). The van der Waals surface area contributed by atoms with Crippen molar-refractivity contribution >= 4 is 5.69 Å². The van der Waals surface area contributed by atoms with Gasteiger partial charge in [0.1, 0.15) is 0 Å². The van der Waals surface area contributed by atoms with Gasteiger partial charge in [0.2, 0.25) is 0 Å². The summed E-state index contributed by atoms with van der Waals surface area (Å²) in [5, 5.41) is 12.7. The molecule has 0 saturated heterocycles. The molecule has 3 heteroatoms. The van der Waals surface area contributed by atoms with E-state index in [0.717, 1.165) is 12.8 Å². The first-order valence-corrected chi connectivity index (χ1v) is 6.41. The number of aliphatic hydroxyl groups excluding tert-OH is 1. The van der Waals surface area contributed by atoms with Crippen LogP contribution in [0.3, 0.4) is 0 Å². The number of para-hydroxylation sites is 1. The number of hydrogen-bond donors (Lipinski definition) is 3. The molecule has 94 valence electrons. The van der Waals surface area contributed by atoms with E-state index in [9.17, 15) is 0 Å². The van der Waals surface area contributed by atoms with Gasteiger partial charge in [-0.3, -0.25) is 0 Å². The highest BCUT2D eigenvalue weighted by Crippen LogP contribution is 2.44. The van der Waals surface area contributed by atoms with Gasteiger partial charge in [0.25, 0.3) is 0 Å². The molecular weight excluding hydrogens is 224 g/mol. The van der Waals surface area contributed by atoms with E-state index in [1.54, 1.807) is 0 Å². The minimum atomic E-state index is -0.129. The van der Waals surface area contributed by atoms with E-state index >= 15 is 0 Å². The lowest BCUT2D eigenvalue weighted by molar-refractivity contribution is 0.269. The first-order chi connectivity index (χ1) is 8.74. The highest BCUT2D eigenvalue weighted by Gasteiger charge is 2.34. The molecule has 3 nitrogen and oxygen atoms in total. The predicted molar refractivity (Wildman–Crippen MR) is 73.5 cm³/mol. The molecule has 0 fully saturated rings. The fraction of sp³-hybridized carbons (Fsp3) is 0.333. The van der Waals surface area contributed by atoms with Crippen LogP contribution in [0, 0.1) is 0 Å². The van der Waals surface area contributed by atoms with Crippen molar-refractivity contribution in [2.24, 2.45) is 0 Å². The highest BCUT2D eigenvalue weighted by atomic mass is 16.2. The minimum Gasteiger partial charge on any atom is -0.396 e. The largest absolute Gasteiger partial charge is 0.396 e. The third-order valence-corrected chi connectivity index (χ3v) is 3.76. The van der Waals surface area contributed by atoms with E-state index in [2.05, 4.69) is 47.6 Å². The SMILES string of the molecule is CC1(CCCO)Nc2ccccc2-c2cc[nH]c21. The van der Waals surface area contributed by atoms with Crippen LogP contribution < -0.4 is 5.32 Å². The van der Waals surface area contributed by atoms with E-state index < -0.39 is 0 Å². The average Bonchev–Trinajstić information content (AvgIpc) is 2.87. The Morgan fingerprint density at radius 1 is 1.17 bits per heavy atom. The maximum absolute atomic E-state index is 9.07. The molecule has 1 atom stereocenters. The molecule has 0 amide bonds. The second-order valence-electron chi connectivity index (χ2n) is 5.10. The number of aromatic amines is 1. The Morgan fingerprint density at radius 3 is 2.83 bits per heavy atom. The number of H-pyrrole nitrogens is 1. The second-order valence-corrected chi connectivity index (χ2v) is 5.10. The van der Waals surface area contributed by atoms with Crippen LogP contribution in [0.1, 0.15) is 25.5 Å². The maximum Gasteiger partial charge on any atom is 0.0752 e. The summed E-state index contributed by atoms with van der Waals surface area (Å²) < 4.78 is 0. The van der Waals surface area contributed by atoms with Crippen LogP contribution in [0.15, 0.2) is 36.5 Å². The Bertz CT molecular complexity index is 561.